The molecule has 0 saturated heterocycles. The first-order valence-corrected chi connectivity index (χ1v) is 4.45. The molecule has 0 aromatic heterocycles. The first-order chi connectivity index (χ1) is 5.83. The Hall–Kier alpha value is -0.760. The molecule has 0 aromatic carbocycles. The largest absolute Gasteiger partial charge is 0.494 e. The smallest absolute Gasteiger partial charge is 0.115 e. The van der Waals surface area contributed by atoms with Gasteiger partial charge in [-0.1, -0.05) is 13.0 Å². The van der Waals surface area contributed by atoms with Crippen LogP contribution < -0.4 is 0 Å². The van der Waals surface area contributed by atoms with Crippen molar-refractivity contribution >= 4 is 0 Å². The van der Waals surface area contributed by atoms with E-state index >= 15 is 0 Å². The minimum atomic E-state index is 0.202. The van der Waals surface area contributed by atoms with Crippen molar-refractivity contribution in [2.45, 2.75) is 19.8 Å². The normalized spacial score (nSPS) is 22.2. The van der Waals surface area contributed by atoms with Gasteiger partial charge in [-0.2, -0.15) is 0 Å². The molecule has 1 rings (SSSR count). The molecule has 1 aliphatic rings. The van der Waals surface area contributed by atoms with E-state index in [0.29, 0.717) is 18.9 Å². The number of hydrogen-bond acceptors (Lipinski definition) is 2. The summed E-state index contributed by atoms with van der Waals surface area (Å²) in [6, 6.07) is 0. The molecule has 0 saturated carbocycles. The third-order valence-corrected chi connectivity index (χ3v) is 1.85. The molecule has 0 bridgehead atoms. The molecule has 0 radical (unpaired) electrons. The molecule has 2 heteroatoms. The monoisotopic (exact) mass is 168 g/mol. The number of rotatable bonds is 4. The maximum absolute atomic E-state index is 8.52. The maximum atomic E-state index is 8.52. The molecule has 1 atom stereocenters. The second-order valence-electron chi connectivity index (χ2n) is 3.10. The zero-order chi connectivity index (χ0) is 8.81. The lowest BCUT2D eigenvalue weighted by Crippen LogP contribution is -2.00. The predicted octanol–water partition coefficient (Wildman–Crippen LogP) is 1.87. The number of aliphatic hydroxyl groups is 1. The molecule has 0 aromatic rings. The fourth-order valence-electron chi connectivity index (χ4n) is 1.07. The summed E-state index contributed by atoms with van der Waals surface area (Å²) in [6.07, 6.45) is 8.02. The minimum Gasteiger partial charge on any atom is -0.494 e. The third kappa shape index (κ3) is 3.09. The van der Waals surface area contributed by atoms with Crippen LogP contribution in [0.2, 0.25) is 0 Å². The van der Waals surface area contributed by atoms with E-state index < -0.39 is 0 Å². The summed E-state index contributed by atoms with van der Waals surface area (Å²) in [5, 5.41) is 8.52. The van der Waals surface area contributed by atoms with Gasteiger partial charge in [-0.05, 0) is 24.5 Å². The summed E-state index contributed by atoms with van der Waals surface area (Å²) < 4.78 is 5.39. The Bertz CT molecular complexity index is 182. The Morgan fingerprint density at radius 2 is 2.50 bits per heavy atom. The van der Waals surface area contributed by atoms with Crippen molar-refractivity contribution in [2.75, 3.05) is 13.2 Å². The van der Waals surface area contributed by atoms with E-state index in [1.165, 1.54) is 0 Å². The summed E-state index contributed by atoms with van der Waals surface area (Å²) in [7, 11) is 0. The maximum Gasteiger partial charge on any atom is 0.115 e. The molecule has 68 valence electrons. The van der Waals surface area contributed by atoms with Gasteiger partial charge in [0.1, 0.15) is 5.76 Å². The van der Waals surface area contributed by atoms with Crippen LogP contribution in [0, 0.1) is 5.92 Å². The molecule has 12 heavy (non-hydrogen) atoms. The summed E-state index contributed by atoms with van der Waals surface area (Å²) in [5.41, 5.74) is 0. The molecular weight excluding hydrogens is 152 g/mol. The lowest BCUT2D eigenvalue weighted by atomic mass is 10.0. The highest BCUT2D eigenvalue weighted by Gasteiger charge is 2.03. The Kier molecular flexibility index (Phi) is 3.88. The summed E-state index contributed by atoms with van der Waals surface area (Å²) >= 11 is 0. The molecule has 2 nitrogen and oxygen atoms in total. The van der Waals surface area contributed by atoms with E-state index in [2.05, 4.69) is 19.1 Å². The zero-order valence-corrected chi connectivity index (χ0v) is 7.49. The van der Waals surface area contributed by atoms with Gasteiger partial charge < -0.3 is 9.84 Å². The van der Waals surface area contributed by atoms with Crippen LogP contribution in [-0.4, -0.2) is 18.3 Å². The average molecular weight is 168 g/mol. The fraction of sp³-hybridized carbons (Fsp3) is 0.600. The van der Waals surface area contributed by atoms with Crippen LogP contribution in [-0.2, 0) is 4.74 Å². The van der Waals surface area contributed by atoms with Crippen molar-refractivity contribution in [3.05, 3.63) is 24.0 Å². The quantitative estimate of drug-likeness (QED) is 0.649. The SMILES string of the molecule is CC1C=CC(OCCCO)=CC1. The first kappa shape index (κ1) is 9.33. The van der Waals surface area contributed by atoms with E-state index in [9.17, 15) is 0 Å². The standard InChI is InChI=1S/C10H16O2/c1-9-3-5-10(6-4-9)12-8-2-7-11/h3,5-6,9,11H,2,4,7-8H2,1H3. The van der Waals surface area contributed by atoms with Gasteiger partial charge in [-0.25, -0.2) is 0 Å². The van der Waals surface area contributed by atoms with E-state index in [1.54, 1.807) is 0 Å². The van der Waals surface area contributed by atoms with Gasteiger partial charge in [0.25, 0.3) is 0 Å². The zero-order valence-electron chi connectivity index (χ0n) is 7.49. The van der Waals surface area contributed by atoms with Crippen LogP contribution in [0.4, 0.5) is 0 Å². The number of hydrogen-bond donors (Lipinski definition) is 1. The first-order valence-electron chi connectivity index (χ1n) is 4.45. The van der Waals surface area contributed by atoms with Gasteiger partial charge in [0, 0.05) is 13.0 Å². The Morgan fingerprint density at radius 3 is 3.08 bits per heavy atom. The van der Waals surface area contributed by atoms with E-state index in [1.807, 2.05) is 6.08 Å². The highest BCUT2D eigenvalue weighted by atomic mass is 16.5. The Labute approximate surface area is 73.5 Å². The van der Waals surface area contributed by atoms with Crippen LogP contribution in [0.25, 0.3) is 0 Å². The van der Waals surface area contributed by atoms with Gasteiger partial charge in [-0.3, -0.25) is 0 Å². The van der Waals surface area contributed by atoms with Crippen LogP contribution in [0.1, 0.15) is 19.8 Å². The number of ether oxygens (including phenoxy) is 1. The van der Waals surface area contributed by atoms with Crippen molar-refractivity contribution in [1.29, 1.82) is 0 Å². The van der Waals surface area contributed by atoms with Gasteiger partial charge >= 0.3 is 0 Å². The Morgan fingerprint density at radius 1 is 1.67 bits per heavy atom. The number of aliphatic hydroxyl groups excluding tert-OH is 1. The second-order valence-corrected chi connectivity index (χ2v) is 3.10. The molecule has 1 unspecified atom stereocenters. The van der Waals surface area contributed by atoms with Gasteiger partial charge in [0.15, 0.2) is 0 Å². The van der Waals surface area contributed by atoms with Crippen LogP contribution >= 0.6 is 0 Å². The lowest BCUT2D eigenvalue weighted by molar-refractivity contribution is 0.182. The molecule has 0 fully saturated rings. The molecule has 0 heterocycles. The van der Waals surface area contributed by atoms with Gasteiger partial charge in [-0.15, -0.1) is 0 Å². The van der Waals surface area contributed by atoms with E-state index in [-0.39, 0.29) is 6.61 Å². The van der Waals surface area contributed by atoms with Crippen molar-refractivity contribution in [3.63, 3.8) is 0 Å². The van der Waals surface area contributed by atoms with Crippen LogP contribution in [0.5, 0.6) is 0 Å². The molecule has 1 N–H and O–H groups in total. The third-order valence-electron chi connectivity index (χ3n) is 1.85. The highest BCUT2D eigenvalue weighted by molar-refractivity contribution is 5.17. The topological polar surface area (TPSA) is 29.5 Å². The fourth-order valence-corrected chi connectivity index (χ4v) is 1.07. The van der Waals surface area contributed by atoms with Gasteiger partial charge in [0.05, 0.1) is 6.61 Å². The molecule has 0 aliphatic heterocycles. The molecule has 0 spiro atoms. The molecule has 0 amide bonds. The lowest BCUT2D eigenvalue weighted by Gasteiger charge is -2.12. The van der Waals surface area contributed by atoms with Crippen molar-refractivity contribution in [1.82, 2.24) is 0 Å². The predicted molar refractivity (Wildman–Crippen MR) is 48.7 cm³/mol. The van der Waals surface area contributed by atoms with Gasteiger partial charge in [0.2, 0.25) is 0 Å². The highest BCUT2D eigenvalue weighted by Crippen LogP contribution is 2.16. The van der Waals surface area contributed by atoms with Crippen LogP contribution in [0.3, 0.4) is 0 Å². The summed E-state index contributed by atoms with van der Waals surface area (Å²) in [5.74, 6) is 1.58. The van der Waals surface area contributed by atoms with Crippen LogP contribution in [0.15, 0.2) is 24.0 Å². The average Bonchev–Trinajstić information content (AvgIpc) is 2.09. The summed E-state index contributed by atoms with van der Waals surface area (Å²) in [4.78, 5) is 0. The van der Waals surface area contributed by atoms with E-state index in [0.717, 1.165) is 12.2 Å². The summed E-state index contributed by atoms with van der Waals surface area (Å²) in [6.45, 7) is 2.99. The minimum absolute atomic E-state index is 0.202. The van der Waals surface area contributed by atoms with Crippen molar-refractivity contribution in [3.8, 4) is 0 Å². The van der Waals surface area contributed by atoms with Crippen molar-refractivity contribution < 1.29 is 9.84 Å². The molecule has 1 aliphatic carbocycles. The van der Waals surface area contributed by atoms with E-state index in [4.69, 9.17) is 9.84 Å². The molecular formula is C10H16O2. The van der Waals surface area contributed by atoms with Crippen molar-refractivity contribution in [2.24, 2.45) is 5.92 Å². The second kappa shape index (κ2) is 4.99. The number of allylic oxidation sites excluding steroid dienone is 3. The Balaban J connectivity index is 2.21.